The number of aliphatic carboxylic acids is 8. The normalized spacial score (nSPS) is 28.4. The average molecular weight is 867 g/mol. The lowest BCUT2D eigenvalue weighted by Gasteiger charge is -2.32. The lowest BCUT2D eigenvalue weighted by atomic mass is 9.71. The lowest BCUT2D eigenvalue weighted by Crippen LogP contribution is -2.38. The van der Waals surface area contributed by atoms with Crippen molar-refractivity contribution in [2.24, 2.45) is 28.6 Å². The number of aromatic nitrogens is 1. The van der Waals surface area contributed by atoms with Crippen molar-refractivity contribution in [3.05, 3.63) is 68.7 Å². The maximum absolute atomic E-state index is 12.6. The monoisotopic (exact) mass is 866 g/mol. The third-order valence-electron chi connectivity index (χ3n) is 12.4. The summed E-state index contributed by atoms with van der Waals surface area (Å²) in [7, 11) is 0. The predicted molar refractivity (Wildman–Crippen MR) is 214 cm³/mol. The summed E-state index contributed by atoms with van der Waals surface area (Å²) >= 11 is 0. The van der Waals surface area contributed by atoms with Crippen LogP contribution < -0.4 is 16.0 Å². The van der Waals surface area contributed by atoms with Gasteiger partial charge in [-0.1, -0.05) is 13.8 Å². The summed E-state index contributed by atoms with van der Waals surface area (Å²) in [6.45, 7) is 3.20. The third kappa shape index (κ3) is 10.2. The molecule has 0 spiro atoms. The molecule has 5 rings (SSSR count). The van der Waals surface area contributed by atoms with E-state index < -0.39 is 134 Å². The molecular formula is C42H50N4O16. The third-order valence-corrected chi connectivity index (χ3v) is 12.4. The molecule has 0 saturated carbocycles. The molecule has 0 aliphatic carbocycles. The van der Waals surface area contributed by atoms with Crippen molar-refractivity contribution in [2.75, 3.05) is 0 Å². The summed E-state index contributed by atoms with van der Waals surface area (Å²) in [6, 6.07) is -0.990. The number of carbonyl (C=O) groups is 8. The van der Waals surface area contributed by atoms with Crippen LogP contribution in [0.15, 0.2) is 46.2 Å². The molecule has 1 unspecified atom stereocenters. The van der Waals surface area contributed by atoms with Crippen LogP contribution in [0.2, 0.25) is 0 Å². The number of carboxylic acid groups (broad SMARTS) is 8. The van der Waals surface area contributed by atoms with Crippen molar-refractivity contribution >= 4 is 59.9 Å². The van der Waals surface area contributed by atoms with Gasteiger partial charge in [0, 0.05) is 94.1 Å². The van der Waals surface area contributed by atoms with Crippen LogP contribution in [-0.2, 0) is 51.2 Å². The van der Waals surface area contributed by atoms with Gasteiger partial charge in [0.25, 0.3) is 0 Å². The summed E-state index contributed by atoms with van der Waals surface area (Å²) < 4.78 is 0. The van der Waals surface area contributed by atoms with E-state index in [9.17, 15) is 79.2 Å². The van der Waals surface area contributed by atoms with Gasteiger partial charge in [0.15, 0.2) is 0 Å². The molecule has 334 valence electrons. The first kappa shape index (κ1) is 46.2. The molecule has 20 heteroatoms. The number of rotatable bonds is 20. The zero-order chi connectivity index (χ0) is 45.8. The Morgan fingerprint density at radius 3 is 1.71 bits per heavy atom. The zero-order valence-electron chi connectivity index (χ0n) is 33.9. The largest absolute Gasteiger partial charge is 0.481 e. The minimum absolute atomic E-state index is 0.0885. The van der Waals surface area contributed by atoms with Gasteiger partial charge >= 0.3 is 47.8 Å². The Kier molecular flexibility index (Phi) is 13.7. The lowest BCUT2D eigenvalue weighted by molar-refractivity contribution is -0.140. The predicted octanol–water partition coefficient (Wildman–Crippen LogP) is 3.43. The van der Waals surface area contributed by atoms with Crippen molar-refractivity contribution < 1.29 is 79.2 Å². The van der Waals surface area contributed by atoms with Crippen molar-refractivity contribution in [3.8, 4) is 0 Å². The fourth-order valence-corrected chi connectivity index (χ4v) is 9.52. The first-order chi connectivity index (χ1) is 29.0. The van der Waals surface area contributed by atoms with Crippen molar-refractivity contribution in [1.29, 1.82) is 0 Å². The Hall–Kier alpha value is -6.86. The number of allylic oxidation sites excluding steroid dienone is 5. The van der Waals surface area contributed by atoms with E-state index in [0.29, 0.717) is 11.3 Å². The fourth-order valence-electron chi connectivity index (χ4n) is 9.52. The van der Waals surface area contributed by atoms with Gasteiger partial charge in [-0.15, -0.1) is 0 Å². The van der Waals surface area contributed by atoms with Gasteiger partial charge in [-0.3, -0.25) is 38.4 Å². The molecule has 12 N–H and O–H groups in total. The van der Waals surface area contributed by atoms with Crippen LogP contribution in [-0.4, -0.2) is 99.6 Å². The number of fused-ring (bicyclic) bond motifs is 8. The van der Waals surface area contributed by atoms with Crippen LogP contribution in [0, 0.1) is 28.6 Å². The standard InChI is InChI=1S/C42H50N4O16/c1-41(17-39(59)60)23(5-9-35(51)52)29-14-27-21(11-37(55)56)19(3-7-33(47)48)25(43-27)13-26-20(4-8-34(49)50)22(12-38(57)58)28(44-26)15-31-42(2,18-40(61)62)24(6-10-36(53)54)30(46-31)16-32(41)45-29/h13-16,20,22-23,31,43-46H,3-12,17-18H2,1-2H3,(H,47,48)(H,49,50)(H,51,52)(H,53,54)(H,55,56)(H,57,58)(H,59,60)(H,61,62)/b26-13+,28-15-,29-14-,32-16-/t20-,22+,23-,31?,41+,42+/m1/s1. The number of aromatic amines is 1. The summed E-state index contributed by atoms with van der Waals surface area (Å²) in [6.07, 6.45) is 1.62. The van der Waals surface area contributed by atoms with Gasteiger partial charge in [0.2, 0.25) is 0 Å². The molecule has 1 aromatic rings. The highest BCUT2D eigenvalue weighted by atomic mass is 16.4. The second-order valence-electron chi connectivity index (χ2n) is 16.6. The Bertz CT molecular complexity index is 2250. The highest BCUT2D eigenvalue weighted by molar-refractivity contribution is 5.78. The number of hydrogen-bond acceptors (Lipinski definition) is 11. The molecule has 2 saturated heterocycles. The average Bonchev–Trinajstić information content (AvgIpc) is 3.77. The topological polar surface area (TPSA) is 350 Å². The van der Waals surface area contributed by atoms with Crippen LogP contribution in [0.25, 0.3) is 12.2 Å². The first-order valence-corrected chi connectivity index (χ1v) is 19.9. The summed E-state index contributed by atoms with van der Waals surface area (Å²) in [5.74, 6) is -12.5. The Morgan fingerprint density at radius 1 is 0.565 bits per heavy atom. The molecular weight excluding hydrogens is 816 g/mol. The number of carboxylic acids is 8. The quantitative estimate of drug-likeness (QED) is 0.0893. The summed E-state index contributed by atoms with van der Waals surface area (Å²) in [5, 5.41) is 89.7. The Balaban J connectivity index is 1.94. The van der Waals surface area contributed by atoms with Crippen molar-refractivity contribution in [3.63, 3.8) is 0 Å². The molecule has 6 atom stereocenters. The molecule has 0 aromatic carbocycles. The van der Waals surface area contributed by atoms with Gasteiger partial charge < -0.3 is 61.8 Å². The molecule has 5 heterocycles. The maximum Gasteiger partial charge on any atom is 0.307 e. The van der Waals surface area contributed by atoms with E-state index in [-0.39, 0.29) is 71.0 Å². The van der Waals surface area contributed by atoms with Crippen LogP contribution in [0.5, 0.6) is 0 Å². The van der Waals surface area contributed by atoms with Crippen LogP contribution in [0.4, 0.5) is 0 Å². The van der Waals surface area contributed by atoms with E-state index in [2.05, 4.69) is 20.9 Å². The molecule has 1 aromatic heterocycles. The smallest absolute Gasteiger partial charge is 0.307 e. The van der Waals surface area contributed by atoms with E-state index >= 15 is 0 Å². The first-order valence-electron chi connectivity index (χ1n) is 19.9. The summed E-state index contributed by atoms with van der Waals surface area (Å²) in [5.41, 5.74) is -0.416. The number of H-pyrrole nitrogens is 1. The molecule has 0 radical (unpaired) electrons. The Labute approximate surface area is 353 Å². The van der Waals surface area contributed by atoms with E-state index in [0.717, 1.165) is 0 Å². The van der Waals surface area contributed by atoms with Gasteiger partial charge in [0.1, 0.15) is 0 Å². The summed E-state index contributed by atoms with van der Waals surface area (Å²) in [4.78, 5) is 101. The van der Waals surface area contributed by atoms with Crippen LogP contribution in [0.1, 0.15) is 101 Å². The molecule has 4 aliphatic heterocycles. The fraction of sp³-hybridized carbons (Fsp3) is 0.476. The Morgan fingerprint density at radius 2 is 1.13 bits per heavy atom. The molecule has 8 bridgehead atoms. The molecule has 20 nitrogen and oxygen atoms in total. The second kappa shape index (κ2) is 18.4. The highest BCUT2D eigenvalue weighted by Gasteiger charge is 2.50. The zero-order valence-corrected chi connectivity index (χ0v) is 33.9. The number of hydrogen-bond donors (Lipinski definition) is 12. The van der Waals surface area contributed by atoms with E-state index in [1.54, 1.807) is 19.9 Å². The number of nitrogens with one attached hydrogen (secondary N) is 4. The van der Waals surface area contributed by atoms with Gasteiger partial charge in [-0.25, -0.2) is 0 Å². The molecule has 0 amide bonds. The molecule has 2 fully saturated rings. The van der Waals surface area contributed by atoms with Crippen LogP contribution in [0.3, 0.4) is 0 Å². The maximum atomic E-state index is 12.6. The molecule has 62 heavy (non-hydrogen) atoms. The van der Waals surface area contributed by atoms with Crippen LogP contribution >= 0.6 is 0 Å². The van der Waals surface area contributed by atoms with Gasteiger partial charge in [-0.2, -0.15) is 0 Å². The SMILES string of the molecule is C[C@]1(CC(=O)O)C(CCC(=O)O)=C2/C=C3\N/C(=C\c4[nH]c(c(CCC(=O)O)c4CC(=O)O)/C=C4/N/C(=C\C1N2)[C@@H](CC(=O)O)[C@H]4CCC(=O)O)[C@@H](CCC(=O)O)[C@]3(C)CC(=O)O. The highest BCUT2D eigenvalue weighted by Crippen LogP contribution is 2.52. The van der Waals surface area contributed by atoms with Crippen molar-refractivity contribution in [2.45, 2.75) is 96.9 Å². The van der Waals surface area contributed by atoms with Gasteiger partial charge in [0.05, 0.1) is 31.7 Å². The molecule has 4 aliphatic rings. The minimum Gasteiger partial charge on any atom is -0.481 e. The van der Waals surface area contributed by atoms with E-state index in [4.69, 9.17) is 0 Å². The second-order valence-corrected chi connectivity index (χ2v) is 16.6. The van der Waals surface area contributed by atoms with Crippen molar-refractivity contribution in [1.82, 2.24) is 20.9 Å². The van der Waals surface area contributed by atoms with E-state index in [1.165, 1.54) is 18.2 Å². The van der Waals surface area contributed by atoms with Gasteiger partial charge in [-0.05, 0) is 66.7 Å². The minimum atomic E-state index is -1.41. The van der Waals surface area contributed by atoms with E-state index in [1.807, 2.05) is 0 Å².